The lowest BCUT2D eigenvalue weighted by Crippen LogP contribution is -2.33. The van der Waals surface area contributed by atoms with Crippen molar-refractivity contribution in [3.05, 3.63) is 77.3 Å². The molecule has 2 amide bonds. The molecule has 4 rings (SSSR count). The van der Waals surface area contributed by atoms with Crippen LogP contribution in [-0.4, -0.2) is 22.5 Å². The van der Waals surface area contributed by atoms with Gasteiger partial charge in [0, 0.05) is 13.1 Å². The normalized spacial score (nSPS) is 13.7. The minimum Gasteiger partial charge on any atom is -0.441 e. The summed E-state index contributed by atoms with van der Waals surface area (Å²) < 4.78 is 33.2. The van der Waals surface area contributed by atoms with Gasteiger partial charge in [-0.1, -0.05) is 12.1 Å². The number of nitrogens with zero attached hydrogens (tertiary/aromatic N) is 2. The van der Waals surface area contributed by atoms with E-state index in [9.17, 15) is 13.6 Å². The first-order chi connectivity index (χ1) is 13.4. The first-order valence-corrected chi connectivity index (χ1v) is 8.69. The van der Waals surface area contributed by atoms with Gasteiger partial charge >= 0.3 is 6.03 Å². The number of anilines is 1. The summed E-state index contributed by atoms with van der Waals surface area (Å²) in [6.45, 7) is 3.99. The number of amides is 2. The molecule has 1 aromatic heterocycles. The molecule has 2 aromatic carbocycles. The number of halogens is 2. The fourth-order valence-corrected chi connectivity index (χ4v) is 3.20. The van der Waals surface area contributed by atoms with Crippen LogP contribution in [0.4, 0.5) is 19.3 Å². The molecule has 5 nitrogen and oxygen atoms in total. The SMILES string of the molecule is Cc1nc2cc(C)c(C3=CC=CN(C(=O)Nc4c(F)cccc4F)C3)cc2o1. The molecule has 0 atom stereocenters. The second-order valence-corrected chi connectivity index (χ2v) is 6.56. The largest absolute Gasteiger partial charge is 0.441 e. The fraction of sp³-hybridized carbons (Fsp3) is 0.143. The number of hydrogen-bond donors (Lipinski definition) is 1. The van der Waals surface area contributed by atoms with Crippen LogP contribution in [-0.2, 0) is 0 Å². The predicted molar refractivity (Wildman–Crippen MR) is 103 cm³/mol. The first kappa shape index (κ1) is 17.9. The second-order valence-electron chi connectivity index (χ2n) is 6.56. The molecule has 0 saturated heterocycles. The second kappa shape index (κ2) is 6.92. The lowest BCUT2D eigenvalue weighted by atomic mass is 9.98. The van der Waals surface area contributed by atoms with Crippen molar-refractivity contribution in [3.8, 4) is 0 Å². The summed E-state index contributed by atoms with van der Waals surface area (Å²) in [5.41, 5.74) is 3.76. The molecule has 3 aromatic rings. The molecule has 0 aliphatic carbocycles. The van der Waals surface area contributed by atoms with E-state index in [0.717, 1.165) is 34.3 Å². The van der Waals surface area contributed by atoms with E-state index >= 15 is 0 Å². The van der Waals surface area contributed by atoms with E-state index in [0.29, 0.717) is 11.5 Å². The monoisotopic (exact) mass is 381 g/mol. The number of para-hydroxylation sites is 1. The van der Waals surface area contributed by atoms with Crippen LogP contribution in [0, 0.1) is 25.5 Å². The van der Waals surface area contributed by atoms with Gasteiger partial charge in [-0.05, 0) is 54.0 Å². The summed E-state index contributed by atoms with van der Waals surface area (Å²) in [4.78, 5) is 18.2. The molecule has 0 fully saturated rings. The third kappa shape index (κ3) is 3.26. The van der Waals surface area contributed by atoms with Crippen LogP contribution in [0.25, 0.3) is 16.7 Å². The number of urea groups is 1. The van der Waals surface area contributed by atoms with Crippen LogP contribution < -0.4 is 5.32 Å². The van der Waals surface area contributed by atoms with Crippen molar-refractivity contribution in [3.63, 3.8) is 0 Å². The molecule has 0 radical (unpaired) electrons. The van der Waals surface area contributed by atoms with Gasteiger partial charge in [0.15, 0.2) is 11.5 Å². The molecule has 1 N–H and O–H groups in total. The summed E-state index contributed by atoms with van der Waals surface area (Å²) >= 11 is 0. The summed E-state index contributed by atoms with van der Waals surface area (Å²) in [6.07, 6.45) is 5.17. The molecule has 0 unspecified atom stereocenters. The van der Waals surface area contributed by atoms with Gasteiger partial charge in [-0.3, -0.25) is 4.90 Å². The number of aromatic nitrogens is 1. The highest BCUT2D eigenvalue weighted by molar-refractivity contribution is 5.92. The number of oxazole rings is 1. The van der Waals surface area contributed by atoms with Crippen LogP contribution in [0.15, 0.2) is 53.1 Å². The van der Waals surface area contributed by atoms with E-state index in [4.69, 9.17) is 4.42 Å². The maximum atomic E-state index is 13.8. The maximum absolute atomic E-state index is 13.8. The van der Waals surface area contributed by atoms with Gasteiger partial charge in [-0.15, -0.1) is 0 Å². The van der Waals surface area contributed by atoms with E-state index in [1.807, 2.05) is 25.1 Å². The van der Waals surface area contributed by atoms with Gasteiger partial charge in [0.05, 0.1) is 6.54 Å². The Morgan fingerprint density at radius 2 is 1.96 bits per heavy atom. The molecule has 1 aliphatic rings. The van der Waals surface area contributed by atoms with E-state index in [-0.39, 0.29) is 6.54 Å². The van der Waals surface area contributed by atoms with Crippen LogP contribution in [0.5, 0.6) is 0 Å². The van der Waals surface area contributed by atoms with E-state index in [1.165, 1.54) is 11.0 Å². The molecular formula is C21H17F2N3O2. The van der Waals surface area contributed by atoms with Crippen molar-refractivity contribution in [2.24, 2.45) is 0 Å². The minimum atomic E-state index is -0.827. The van der Waals surface area contributed by atoms with Crippen molar-refractivity contribution in [1.82, 2.24) is 9.88 Å². The Balaban J connectivity index is 1.58. The Bertz CT molecular complexity index is 1130. The molecule has 0 saturated carbocycles. The predicted octanol–water partition coefficient (Wildman–Crippen LogP) is 5.17. The number of rotatable bonds is 2. The lowest BCUT2D eigenvalue weighted by Gasteiger charge is -2.24. The number of benzene rings is 2. The number of nitrogens with one attached hydrogen (secondary N) is 1. The molecular weight excluding hydrogens is 364 g/mol. The highest BCUT2D eigenvalue weighted by atomic mass is 19.1. The zero-order valence-corrected chi connectivity index (χ0v) is 15.3. The molecule has 142 valence electrons. The van der Waals surface area contributed by atoms with Crippen molar-refractivity contribution in [1.29, 1.82) is 0 Å². The number of allylic oxidation sites excluding steroid dienone is 2. The van der Waals surface area contributed by atoms with Gasteiger partial charge in [-0.2, -0.15) is 0 Å². The van der Waals surface area contributed by atoms with Crippen LogP contribution in [0.1, 0.15) is 17.0 Å². The molecule has 1 aliphatic heterocycles. The fourth-order valence-electron chi connectivity index (χ4n) is 3.20. The number of hydrogen-bond acceptors (Lipinski definition) is 3. The highest BCUT2D eigenvalue weighted by Crippen LogP contribution is 2.28. The Morgan fingerprint density at radius 3 is 2.71 bits per heavy atom. The highest BCUT2D eigenvalue weighted by Gasteiger charge is 2.20. The van der Waals surface area contributed by atoms with Gasteiger partial charge in [0.1, 0.15) is 22.8 Å². The van der Waals surface area contributed by atoms with E-state index < -0.39 is 23.4 Å². The molecule has 0 spiro atoms. The standard InChI is InChI=1S/C21H17F2N3O2/c1-12-9-18-19(28-13(2)24-18)10-15(12)14-5-4-8-26(11-14)21(27)25-20-16(22)6-3-7-17(20)23/h3-10H,11H2,1-2H3,(H,25,27). The molecule has 0 bridgehead atoms. The number of aryl methyl sites for hydroxylation is 2. The van der Waals surface area contributed by atoms with Crippen molar-refractivity contribution in [2.75, 3.05) is 11.9 Å². The van der Waals surface area contributed by atoms with Gasteiger partial charge in [0.25, 0.3) is 0 Å². The average molecular weight is 381 g/mol. The zero-order valence-electron chi connectivity index (χ0n) is 15.3. The Kier molecular flexibility index (Phi) is 4.43. The summed E-state index contributed by atoms with van der Waals surface area (Å²) in [5, 5.41) is 2.30. The number of fused-ring (bicyclic) bond motifs is 1. The topological polar surface area (TPSA) is 58.4 Å². The van der Waals surface area contributed by atoms with Crippen molar-refractivity contribution in [2.45, 2.75) is 13.8 Å². The summed E-state index contributed by atoms with van der Waals surface area (Å²) in [7, 11) is 0. The number of carbonyl (C=O) groups is 1. The average Bonchev–Trinajstić information content (AvgIpc) is 3.03. The molecule has 7 heteroatoms. The van der Waals surface area contributed by atoms with Gasteiger partial charge in [-0.25, -0.2) is 18.6 Å². The smallest absolute Gasteiger partial charge is 0.326 e. The quantitative estimate of drug-likeness (QED) is 0.666. The Labute approximate surface area is 160 Å². The van der Waals surface area contributed by atoms with Crippen LogP contribution >= 0.6 is 0 Å². The van der Waals surface area contributed by atoms with Crippen molar-refractivity contribution >= 4 is 28.4 Å². The summed E-state index contributed by atoms with van der Waals surface area (Å²) in [5.74, 6) is -1.07. The van der Waals surface area contributed by atoms with Gasteiger partial charge < -0.3 is 9.73 Å². The third-order valence-electron chi connectivity index (χ3n) is 4.55. The first-order valence-electron chi connectivity index (χ1n) is 8.69. The molecule has 2 heterocycles. The lowest BCUT2D eigenvalue weighted by molar-refractivity contribution is 0.232. The van der Waals surface area contributed by atoms with Crippen molar-refractivity contribution < 1.29 is 18.0 Å². The third-order valence-corrected chi connectivity index (χ3v) is 4.55. The van der Waals surface area contributed by atoms with Crippen LogP contribution in [0.2, 0.25) is 0 Å². The minimum absolute atomic E-state index is 0.248. The van der Waals surface area contributed by atoms with E-state index in [1.54, 1.807) is 19.2 Å². The maximum Gasteiger partial charge on any atom is 0.326 e. The molecule has 28 heavy (non-hydrogen) atoms. The zero-order chi connectivity index (χ0) is 19.8. The Morgan fingerprint density at radius 1 is 1.21 bits per heavy atom. The summed E-state index contributed by atoms with van der Waals surface area (Å²) in [6, 6.07) is 6.62. The van der Waals surface area contributed by atoms with E-state index in [2.05, 4.69) is 10.3 Å². The number of carbonyl (C=O) groups excluding carboxylic acids is 1. The Hall–Kier alpha value is -3.48. The van der Waals surface area contributed by atoms with Gasteiger partial charge in [0.2, 0.25) is 0 Å². The van der Waals surface area contributed by atoms with Crippen LogP contribution in [0.3, 0.4) is 0 Å².